The van der Waals surface area contributed by atoms with Crippen molar-refractivity contribution in [1.82, 2.24) is 15.0 Å². The summed E-state index contributed by atoms with van der Waals surface area (Å²) >= 11 is 0. The van der Waals surface area contributed by atoms with Crippen LogP contribution in [0.25, 0.3) is 55.1 Å². The summed E-state index contributed by atoms with van der Waals surface area (Å²) in [6, 6.07) is 27.6. The van der Waals surface area contributed by atoms with Gasteiger partial charge in [-0.05, 0) is 67.6 Å². The second-order valence-electron chi connectivity index (χ2n) is 12.0. The fourth-order valence-electron chi connectivity index (χ4n) is 5.72. The van der Waals surface area contributed by atoms with Gasteiger partial charge in [0.1, 0.15) is 11.5 Å². The molecule has 0 radical (unpaired) electrons. The van der Waals surface area contributed by atoms with Gasteiger partial charge in [-0.2, -0.15) is 0 Å². The topological polar surface area (TPSA) is 91.3 Å². The average Bonchev–Trinajstić information content (AvgIpc) is 3.06. The maximum atomic E-state index is 11.2. The molecular formula is C39H27N3O4. The number of nitrogens with zero attached hydrogens (tertiary/aromatic N) is 3. The number of hydrogen-bond acceptors (Lipinski definition) is 7. The lowest BCUT2D eigenvalue weighted by Crippen LogP contribution is -2.10. The van der Waals surface area contributed by atoms with Crippen LogP contribution in [0.1, 0.15) is 37.5 Å². The molecular weight excluding hydrogens is 574 g/mol. The lowest BCUT2D eigenvalue weighted by molar-refractivity contribution is -0.121. The van der Waals surface area contributed by atoms with E-state index in [2.05, 4.69) is 91.1 Å². The molecule has 222 valence electrons. The molecule has 3 heterocycles. The third-order valence-corrected chi connectivity index (χ3v) is 7.99. The van der Waals surface area contributed by atoms with Crippen LogP contribution in [0.5, 0.6) is 11.5 Å². The first kappa shape index (κ1) is 28.6. The molecule has 0 atom stereocenters. The van der Waals surface area contributed by atoms with E-state index in [1.165, 1.54) is 38.7 Å². The minimum absolute atomic E-state index is 0.0540. The second-order valence-corrected chi connectivity index (χ2v) is 12.0. The normalized spacial score (nSPS) is 11.4. The van der Waals surface area contributed by atoms with Crippen molar-refractivity contribution < 1.29 is 19.1 Å². The average molecular weight is 602 g/mol. The van der Waals surface area contributed by atoms with E-state index < -0.39 is 0 Å². The Hall–Kier alpha value is -6.13. The third-order valence-electron chi connectivity index (χ3n) is 7.99. The SMILES string of the molecule is CC(C)(C)c1cc2ccc3ccc(C#Cc4ccnc(-c5cc(OC=O)cc(-c6cc(OC=O)ccn6)n5)c4)c4ccc(c1)c2c34. The van der Waals surface area contributed by atoms with E-state index in [4.69, 9.17) is 14.5 Å². The van der Waals surface area contributed by atoms with Crippen molar-refractivity contribution in [2.45, 2.75) is 26.2 Å². The van der Waals surface area contributed by atoms with E-state index in [-0.39, 0.29) is 11.2 Å². The summed E-state index contributed by atoms with van der Waals surface area (Å²) in [5, 5.41) is 7.24. The van der Waals surface area contributed by atoms with Crippen LogP contribution >= 0.6 is 0 Å². The number of hydrogen-bond donors (Lipinski definition) is 0. The Labute approximate surface area is 265 Å². The summed E-state index contributed by atoms with van der Waals surface area (Å²) < 4.78 is 10.1. The van der Waals surface area contributed by atoms with Crippen molar-refractivity contribution in [3.63, 3.8) is 0 Å². The molecule has 0 aliphatic carbocycles. The predicted octanol–water partition coefficient (Wildman–Crippen LogP) is 7.87. The van der Waals surface area contributed by atoms with Gasteiger partial charge in [-0.15, -0.1) is 0 Å². The quantitative estimate of drug-likeness (QED) is 0.109. The van der Waals surface area contributed by atoms with Gasteiger partial charge in [0, 0.05) is 41.7 Å². The largest absolute Gasteiger partial charge is 0.429 e. The van der Waals surface area contributed by atoms with Crippen LogP contribution in [-0.4, -0.2) is 27.9 Å². The van der Waals surface area contributed by atoms with Crippen LogP contribution in [0.4, 0.5) is 0 Å². The molecule has 0 bridgehead atoms. The molecule has 0 unspecified atom stereocenters. The Morgan fingerprint density at radius 3 is 1.93 bits per heavy atom. The molecule has 0 saturated carbocycles. The van der Waals surface area contributed by atoms with Gasteiger partial charge in [-0.3, -0.25) is 19.6 Å². The molecule has 7 heteroatoms. The van der Waals surface area contributed by atoms with E-state index in [0.29, 0.717) is 41.5 Å². The first-order chi connectivity index (χ1) is 22.3. The summed E-state index contributed by atoms with van der Waals surface area (Å²) in [4.78, 5) is 35.6. The predicted molar refractivity (Wildman–Crippen MR) is 179 cm³/mol. The molecule has 0 aliphatic heterocycles. The molecule has 46 heavy (non-hydrogen) atoms. The molecule has 0 fully saturated rings. The van der Waals surface area contributed by atoms with Gasteiger partial charge in [0.2, 0.25) is 0 Å². The summed E-state index contributed by atoms with van der Waals surface area (Å²) in [5.74, 6) is 7.28. The van der Waals surface area contributed by atoms with E-state index in [9.17, 15) is 9.59 Å². The van der Waals surface area contributed by atoms with Gasteiger partial charge in [0.25, 0.3) is 12.9 Å². The van der Waals surface area contributed by atoms with E-state index >= 15 is 0 Å². The zero-order valence-corrected chi connectivity index (χ0v) is 25.4. The molecule has 0 aliphatic rings. The van der Waals surface area contributed by atoms with Gasteiger partial charge in [0.05, 0.1) is 22.8 Å². The summed E-state index contributed by atoms with van der Waals surface area (Å²) in [6.07, 6.45) is 3.17. The Morgan fingerprint density at radius 1 is 0.609 bits per heavy atom. The lowest BCUT2D eigenvalue weighted by atomic mass is 9.83. The smallest absolute Gasteiger partial charge is 0.298 e. The maximum Gasteiger partial charge on any atom is 0.298 e. The van der Waals surface area contributed by atoms with Gasteiger partial charge in [0.15, 0.2) is 0 Å². The van der Waals surface area contributed by atoms with Gasteiger partial charge >= 0.3 is 0 Å². The number of pyridine rings is 3. The molecule has 7 rings (SSSR count). The number of ether oxygens (including phenoxy) is 2. The summed E-state index contributed by atoms with van der Waals surface area (Å²) in [5.41, 5.74) is 4.88. The zero-order chi connectivity index (χ0) is 31.8. The fraction of sp³-hybridized carbons (Fsp3) is 0.103. The van der Waals surface area contributed by atoms with E-state index in [0.717, 1.165) is 16.5 Å². The van der Waals surface area contributed by atoms with Gasteiger partial charge in [-0.25, -0.2) is 4.98 Å². The number of carbonyl (C=O) groups is 2. The standard InChI is InChI=1S/C39H27N3O4/c1-39(2,3)29-17-27-9-8-26-7-6-25(32-11-10-28(18-29)37(27)38(26)32)5-4-24-12-14-40-33(16-24)35-20-31(46-23-44)21-36(42-35)34-19-30(45-22-43)13-15-41-34/h6-23H,1-3H3. The molecule has 7 aromatic rings. The number of benzene rings is 4. The Morgan fingerprint density at radius 2 is 1.22 bits per heavy atom. The number of aromatic nitrogens is 3. The van der Waals surface area contributed by atoms with Crippen LogP contribution in [0, 0.1) is 11.8 Å². The minimum Gasteiger partial charge on any atom is -0.429 e. The van der Waals surface area contributed by atoms with Crippen molar-refractivity contribution in [3.05, 3.63) is 114 Å². The Bertz CT molecular complexity index is 2340. The molecule has 0 N–H and O–H groups in total. The molecule has 3 aromatic heterocycles. The highest BCUT2D eigenvalue weighted by atomic mass is 16.5. The molecule has 7 nitrogen and oxygen atoms in total. The highest BCUT2D eigenvalue weighted by molar-refractivity contribution is 6.24. The van der Waals surface area contributed by atoms with Gasteiger partial charge in [-0.1, -0.05) is 75.1 Å². The maximum absolute atomic E-state index is 11.2. The van der Waals surface area contributed by atoms with Crippen LogP contribution < -0.4 is 9.47 Å². The van der Waals surface area contributed by atoms with Crippen LogP contribution in [0.15, 0.2) is 97.3 Å². The van der Waals surface area contributed by atoms with Crippen LogP contribution in [-0.2, 0) is 15.0 Å². The van der Waals surface area contributed by atoms with Crippen LogP contribution in [0.3, 0.4) is 0 Å². The van der Waals surface area contributed by atoms with Crippen molar-refractivity contribution >= 4 is 45.3 Å². The highest BCUT2D eigenvalue weighted by Crippen LogP contribution is 2.38. The van der Waals surface area contributed by atoms with Crippen molar-refractivity contribution in [2.24, 2.45) is 0 Å². The molecule has 0 amide bonds. The summed E-state index contributed by atoms with van der Waals surface area (Å²) in [6.45, 7) is 7.41. The van der Waals surface area contributed by atoms with Crippen molar-refractivity contribution in [2.75, 3.05) is 0 Å². The Kier molecular flexibility index (Phi) is 7.11. The van der Waals surface area contributed by atoms with Crippen molar-refractivity contribution in [3.8, 4) is 46.1 Å². The van der Waals surface area contributed by atoms with E-state index in [1.807, 2.05) is 12.1 Å². The first-order valence-electron chi connectivity index (χ1n) is 14.7. The number of rotatable bonds is 6. The van der Waals surface area contributed by atoms with E-state index in [1.54, 1.807) is 30.5 Å². The van der Waals surface area contributed by atoms with Crippen LogP contribution in [0.2, 0.25) is 0 Å². The first-order valence-corrected chi connectivity index (χ1v) is 14.7. The monoisotopic (exact) mass is 601 g/mol. The fourth-order valence-corrected chi connectivity index (χ4v) is 5.72. The molecule has 0 spiro atoms. The second kappa shape index (κ2) is 11.4. The number of carbonyl (C=O) groups excluding carboxylic acids is 2. The lowest BCUT2D eigenvalue weighted by Gasteiger charge is -2.21. The minimum atomic E-state index is 0.0540. The van der Waals surface area contributed by atoms with Crippen molar-refractivity contribution in [1.29, 1.82) is 0 Å². The van der Waals surface area contributed by atoms with Gasteiger partial charge < -0.3 is 9.47 Å². The zero-order valence-electron chi connectivity index (χ0n) is 25.4. The molecule has 4 aromatic carbocycles. The highest BCUT2D eigenvalue weighted by Gasteiger charge is 2.18. The molecule has 0 saturated heterocycles. The summed E-state index contributed by atoms with van der Waals surface area (Å²) in [7, 11) is 0. The Balaban J connectivity index is 1.28. The third kappa shape index (κ3) is 5.37.